The lowest BCUT2D eigenvalue weighted by molar-refractivity contribution is -0.126. The molecular formula is C47H98O19Si2. The number of hydrogen-bond acceptors (Lipinski definition) is 19. The van der Waals surface area contributed by atoms with Crippen LogP contribution in [0.5, 0.6) is 0 Å². The zero-order valence-electron chi connectivity index (χ0n) is 43.9. The molecule has 0 saturated carbocycles. The van der Waals surface area contributed by atoms with Gasteiger partial charge in [0, 0.05) is 66.6 Å². The smallest absolute Gasteiger partial charge is 0.382 e. The molecule has 0 bridgehead atoms. The standard InChI is InChI=1S/C47H98O19Si2/c1-45(17-13-9-11-15-43-67(61-37-31-55-25-19-49-3,62-38-32-56-26-20-50-4)63-39-33-57-27-21-51-5)47(48)46(2)18-14-10-12-16-44-68(64-40-34-58-28-22-52-6,65-41-35-59-29-23-53-7)66-42-36-60-30-24-54-8/h45-46H,9-44H2,1-8H3. The lowest BCUT2D eigenvalue weighted by atomic mass is 9.88. The molecule has 0 N–H and O–H groups in total. The third-order valence-corrected chi connectivity index (χ3v) is 16.4. The van der Waals surface area contributed by atoms with E-state index in [1.54, 1.807) is 42.7 Å². The van der Waals surface area contributed by atoms with E-state index in [1.165, 1.54) is 0 Å². The summed E-state index contributed by atoms with van der Waals surface area (Å²) in [4.78, 5) is 13.5. The van der Waals surface area contributed by atoms with Gasteiger partial charge in [-0.05, 0) is 25.7 Å². The van der Waals surface area contributed by atoms with Crippen LogP contribution in [-0.4, -0.2) is 225 Å². The molecule has 0 aromatic heterocycles. The minimum atomic E-state index is -3.11. The Balaban J connectivity index is 5.12. The average Bonchev–Trinajstić information content (AvgIpc) is 3.34. The second-order valence-corrected chi connectivity index (χ2v) is 21.7. The van der Waals surface area contributed by atoms with Gasteiger partial charge in [-0.2, -0.15) is 0 Å². The third kappa shape index (κ3) is 40.9. The molecule has 0 amide bonds. The zero-order valence-corrected chi connectivity index (χ0v) is 45.9. The van der Waals surface area contributed by atoms with Crippen LogP contribution in [0.25, 0.3) is 0 Å². The van der Waals surface area contributed by atoms with Crippen LogP contribution in [0.3, 0.4) is 0 Å². The largest absolute Gasteiger partial charge is 0.501 e. The van der Waals surface area contributed by atoms with Crippen molar-refractivity contribution in [1.29, 1.82) is 0 Å². The molecule has 0 spiro atoms. The van der Waals surface area contributed by atoms with Crippen LogP contribution in [0.15, 0.2) is 0 Å². The highest BCUT2D eigenvalue weighted by Crippen LogP contribution is 2.25. The Kier molecular flexibility index (Phi) is 50.8. The summed E-state index contributed by atoms with van der Waals surface area (Å²) < 4.78 is 103. The fraction of sp³-hybridized carbons (Fsp3) is 0.979. The maximum absolute atomic E-state index is 13.5. The second kappa shape index (κ2) is 51.3. The van der Waals surface area contributed by atoms with Crippen LogP contribution in [0, 0.1) is 11.8 Å². The number of carbonyl (C=O) groups excluding carboxylic acids is 1. The van der Waals surface area contributed by atoms with Crippen molar-refractivity contribution in [3.05, 3.63) is 0 Å². The molecule has 0 rings (SSSR count). The molecule has 0 aliphatic rings. The molecule has 2 unspecified atom stereocenters. The van der Waals surface area contributed by atoms with Crippen LogP contribution in [0.4, 0.5) is 0 Å². The Morgan fingerprint density at radius 1 is 0.294 bits per heavy atom. The van der Waals surface area contributed by atoms with Crippen molar-refractivity contribution in [3.8, 4) is 0 Å². The van der Waals surface area contributed by atoms with Crippen LogP contribution >= 0.6 is 0 Å². The Hall–Kier alpha value is -0.616. The summed E-state index contributed by atoms with van der Waals surface area (Å²) in [5, 5.41) is 0. The molecule has 68 heavy (non-hydrogen) atoms. The summed E-state index contributed by atoms with van der Waals surface area (Å²) >= 11 is 0. The van der Waals surface area contributed by atoms with Crippen molar-refractivity contribution in [1.82, 2.24) is 0 Å². The summed E-state index contributed by atoms with van der Waals surface area (Å²) in [7, 11) is 3.65. The SMILES string of the molecule is COCCOCCO[Si](CCCCCCC(C)C(=O)C(C)CCCCCC[Si](OCCOCCOC)(OCCOCCOC)OCCOCCOC)(OCCOCCOC)OCCOCCOC. The fourth-order valence-electron chi connectivity index (χ4n) is 6.75. The van der Waals surface area contributed by atoms with Gasteiger partial charge in [0.25, 0.3) is 0 Å². The summed E-state index contributed by atoms with van der Waals surface area (Å²) in [6, 6.07) is 1.31. The number of carbonyl (C=O) groups is 1. The highest BCUT2D eigenvalue weighted by atomic mass is 28.4. The third-order valence-electron chi connectivity index (χ3n) is 10.6. The average molecular weight is 1020 g/mol. The highest BCUT2D eigenvalue weighted by molar-refractivity contribution is 6.61. The van der Waals surface area contributed by atoms with E-state index >= 15 is 0 Å². The van der Waals surface area contributed by atoms with E-state index in [1.807, 2.05) is 0 Å². The first-order chi connectivity index (χ1) is 33.3. The minimum absolute atomic E-state index is 0.0105. The molecule has 0 aliphatic heterocycles. The maximum Gasteiger partial charge on any atom is 0.501 e. The molecule has 2 atom stereocenters. The van der Waals surface area contributed by atoms with Crippen molar-refractivity contribution in [2.24, 2.45) is 11.8 Å². The van der Waals surface area contributed by atoms with Gasteiger partial charge >= 0.3 is 17.6 Å². The number of methoxy groups -OCH3 is 6. The van der Waals surface area contributed by atoms with Gasteiger partial charge in [-0.25, -0.2) is 0 Å². The molecule has 0 fully saturated rings. The van der Waals surface area contributed by atoms with E-state index in [9.17, 15) is 4.79 Å². The molecule has 0 aliphatic carbocycles. The Labute approximate surface area is 413 Å². The van der Waals surface area contributed by atoms with Crippen LogP contribution in [0.2, 0.25) is 12.1 Å². The highest BCUT2D eigenvalue weighted by Gasteiger charge is 2.42. The number of ether oxygens (including phenoxy) is 12. The molecule has 0 saturated heterocycles. The predicted octanol–water partition coefficient (Wildman–Crippen LogP) is 5.68. The van der Waals surface area contributed by atoms with Gasteiger partial charge in [0.2, 0.25) is 0 Å². The number of hydrogen-bond donors (Lipinski definition) is 0. The van der Waals surface area contributed by atoms with E-state index in [2.05, 4.69) is 13.8 Å². The molecule has 0 heterocycles. The van der Waals surface area contributed by atoms with E-state index in [0.717, 1.165) is 64.2 Å². The summed E-state index contributed by atoms with van der Waals surface area (Å²) in [5.41, 5.74) is 0. The lowest BCUT2D eigenvalue weighted by Crippen LogP contribution is -2.48. The van der Waals surface area contributed by atoms with Crippen molar-refractivity contribution >= 4 is 23.4 Å². The van der Waals surface area contributed by atoms with Gasteiger partial charge in [0.05, 0.1) is 159 Å². The quantitative estimate of drug-likeness (QED) is 0.0535. The van der Waals surface area contributed by atoms with Gasteiger partial charge in [0.1, 0.15) is 5.78 Å². The van der Waals surface area contributed by atoms with Crippen molar-refractivity contribution < 1.29 is 88.2 Å². The van der Waals surface area contributed by atoms with Crippen molar-refractivity contribution in [2.75, 3.05) is 201 Å². The summed E-state index contributed by atoms with van der Waals surface area (Å²) in [6.45, 7) is 14.6. The topological polar surface area (TPSA) is 183 Å². The molecule has 0 aromatic rings. The van der Waals surface area contributed by atoms with E-state index in [-0.39, 0.29) is 11.8 Å². The Morgan fingerprint density at radius 2 is 0.500 bits per heavy atom. The zero-order chi connectivity index (χ0) is 49.9. The summed E-state index contributed by atoms with van der Waals surface area (Å²) in [5.74, 6) is 0.363. The molecule has 19 nitrogen and oxygen atoms in total. The van der Waals surface area contributed by atoms with Gasteiger partial charge < -0.3 is 83.4 Å². The summed E-state index contributed by atoms with van der Waals surface area (Å²) in [6.07, 6.45) is 9.36. The fourth-order valence-corrected chi connectivity index (χ4v) is 11.8. The van der Waals surface area contributed by atoms with Crippen LogP contribution in [-0.2, 0) is 88.2 Å². The minimum Gasteiger partial charge on any atom is -0.382 e. The first kappa shape index (κ1) is 67.4. The van der Waals surface area contributed by atoms with Gasteiger partial charge in [0.15, 0.2) is 0 Å². The van der Waals surface area contributed by atoms with Gasteiger partial charge in [-0.1, -0.05) is 52.4 Å². The van der Waals surface area contributed by atoms with E-state index < -0.39 is 17.6 Å². The molecular weight excluding hydrogens is 925 g/mol. The van der Waals surface area contributed by atoms with Crippen molar-refractivity contribution in [2.45, 2.75) is 90.1 Å². The number of Topliss-reactive ketones (excluding diaryl/α,β-unsaturated/α-hetero) is 1. The van der Waals surface area contributed by atoms with E-state index in [4.69, 9.17) is 83.4 Å². The first-order valence-electron chi connectivity index (χ1n) is 25.1. The van der Waals surface area contributed by atoms with Crippen molar-refractivity contribution in [3.63, 3.8) is 0 Å². The lowest BCUT2D eigenvalue weighted by Gasteiger charge is -2.30. The van der Waals surface area contributed by atoms with E-state index in [0.29, 0.717) is 176 Å². The van der Waals surface area contributed by atoms with Crippen LogP contribution in [0.1, 0.15) is 78.1 Å². The first-order valence-corrected chi connectivity index (χ1v) is 28.9. The van der Waals surface area contributed by atoms with Gasteiger partial charge in [-0.3, -0.25) is 4.79 Å². The maximum atomic E-state index is 13.5. The molecule has 21 heteroatoms. The predicted molar refractivity (Wildman–Crippen MR) is 263 cm³/mol. The Bertz CT molecular complexity index is 885. The molecule has 0 radical (unpaired) electrons. The van der Waals surface area contributed by atoms with Gasteiger partial charge in [-0.15, -0.1) is 0 Å². The molecule has 0 aromatic carbocycles. The monoisotopic (exact) mass is 1020 g/mol. The van der Waals surface area contributed by atoms with Crippen LogP contribution < -0.4 is 0 Å². The number of rotatable bonds is 58. The second-order valence-electron chi connectivity index (χ2n) is 16.2. The number of ketones is 1. The Morgan fingerprint density at radius 3 is 0.721 bits per heavy atom. The number of unbranched alkanes of at least 4 members (excludes halogenated alkanes) is 6. The molecule has 408 valence electrons. The normalized spacial score (nSPS) is 13.2.